The van der Waals surface area contributed by atoms with Gasteiger partial charge in [-0.15, -0.1) is 0 Å². The van der Waals surface area contributed by atoms with E-state index < -0.39 is 5.97 Å². The van der Waals surface area contributed by atoms with Crippen molar-refractivity contribution in [2.45, 2.75) is 25.4 Å². The van der Waals surface area contributed by atoms with Crippen LogP contribution in [0.1, 0.15) is 28.8 Å². The second-order valence-corrected chi connectivity index (χ2v) is 5.09. The number of ether oxygens (including phenoxy) is 1. The highest BCUT2D eigenvalue weighted by atomic mass is 16.5. The predicted molar refractivity (Wildman–Crippen MR) is 73.7 cm³/mol. The minimum atomic E-state index is -0.980. The Labute approximate surface area is 118 Å². The van der Waals surface area contributed by atoms with Crippen LogP contribution in [0.15, 0.2) is 24.3 Å². The van der Waals surface area contributed by atoms with Gasteiger partial charge in [0.15, 0.2) is 0 Å². The molecule has 5 nitrogen and oxygen atoms in total. The standard InChI is InChI=1S/C15H19NO4/c1-16(10-13-6-3-7-20-13)14(17)9-11-4-2-5-12(8-11)15(18)19/h2,4-5,8,13H,3,6-7,9-10H2,1H3,(H,18,19)/t13-/m0/s1. The number of likely N-dealkylation sites (N-methyl/N-ethyl adjacent to an activating group) is 1. The fourth-order valence-electron chi connectivity index (χ4n) is 2.32. The molecule has 0 bridgehead atoms. The van der Waals surface area contributed by atoms with Crippen molar-refractivity contribution in [2.24, 2.45) is 0 Å². The highest BCUT2D eigenvalue weighted by Crippen LogP contribution is 2.13. The smallest absolute Gasteiger partial charge is 0.335 e. The average Bonchev–Trinajstić information content (AvgIpc) is 2.91. The third-order valence-corrected chi connectivity index (χ3v) is 3.46. The van der Waals surface area contributed by atoms with Crippen LogP contribution in [-0.4, -0.2) is 48.2 Å². The third-order valence-electron chi connectivity index (χ3n) is 3.46. The van der Waals surface area contributed by atoms with Crippen LogP contribution in [0.4, 0.5) is 0 Å². The summed E-state index contributed by atoms with van der Waals surface area (Å²) in [6, 6.07) is 6.49. The fraction of sp³-hybridized carbons (Fsp3) is 0.467. The quantitative estimate of drug-likeness (QED) is 0.887. The van der Waals surface area contributed by atoms with Gasteiger partial charge in [-0.2, -0.15) is 0 Å². The highest BCUT2D eigenvalue weighted by Gasteiger charge is 2.20. The Morgan fingerprint density at radius 3 is 2.90 bits per heavy atom. The van der Waals surface area contributed by atoms with Crippen molar-refractivity contribution >= 4 is 11.9 Å². The van der Waals surface area contributed by atoms with Crippen LogP contribution in [-0.2, 0) is 16.0 Å². The number of carbonyl (C=O) groups excluding carboxylic acids is 1. The first-order valence-corrected chi connectivity index (χ1v) is 6.74. The average molecular weight is 277 g/mol. The SMILES string of the molecule is CN(C[C@@H]1CCCO1)C(=O)Cc1cccc(C(=O)O)c1. The molecule has 1 saturated heterocycles. The van der Waals surface area contributed by atoms with Crippen LogP contribution in [0, 0.1) is 0 Å². The van der Waals surface area contributed by atoms with Gasteiger partial charge in [0.1, 0.15) is 0 Å². The molecule has 1 aromatic carbocycles. The summed E-state index contributed by atoms with van der Waals surface area (Å²) in [7, 11) is 1.76. The molecule has 1 amide bonds. The molecule has 0 unspecified atom stereocenters. The zero-order valence-electron chi connectivity index (χ0n) is 11.5. The van der Waals surface area contributed by atoms with Crippen LogP contribution in [0.2, 0.25) is 0 Å². The summed E-state index contributed by atoms with van der Waals surface area (Å²) in [6.45, 7) is 1.37. The van der Waals surface area contributed by atoms with Gasteiger partial charge < -0.3 is 14.7 Å². The number of rotatable bonds is 5. The molecule has 1 N–H and O–H groups in total. The first-order chi connectivity index (χ1) is 9.56. The summed E-state index contributed by atoms with van der Waals surface area (Å²) in [4.78, 5) is 24.7. The molecule has 1 fully saturated rings. The molecular formula is C15H19NO4. The van der Waals surface area contributed by atoms with Gasteiger partial charge in [-0.1, -0.05) is 12.1 Å². The number of hydrogen-bond donors (Lipinski definition) is 1. The van der Waals surface area contributed by atoms with Crippen molar-refractivity contribution in [1.29, 1.82) is 0 Å². The van der Waals surface area contributed by atoms with E-state index in [2.05, 4.69) is 0 Å². The first kappa shape index (κ1) is 14.5. The number of carboxylic acid groups (broad SMARTS) is 1. The van der Waals surface area contributed by atoms with E-state index in [0.29, 0.717) is 12.1 Å². The van der Waals surface area contributed by atoms with E-state index >= 15 is 0 Å². The number of benzene rings is 1. The van der Waals surface area contributed by atoms with Crippen LogP contribution in [0.25, 0.3) is 0 Å². The molecule has 20 heavy (non-hydrogen) atoms. The summed E-state index contributed by atoms with van der Waals surface area (Å²) in [5.41, 5.74) is 0.922. The number of amides is 1. The highest BCUT2D eigenvalue weighted by molar-refractivity contribution is 5.88. The van der Waals surface area contributed by atoms with Gasteiger partial charge in [0.25, 0.3) is 0 Å². The van der Waals surface area contributed by atoms with E-state index in [4.69, 9.17) is 9.84 Å². The second kappa shape index (κ2) is 6.52. The number of carbonyl (C=O) groups is 2. The maximum absolute atomic E-state index is 12.1. The van der Waals surface area contributed by atoms with E-state index in [-0.39, 0.29) is 24.0 Å². The number of hydrogen-bond acceptors (Lipinski definition) is 3. The topological polar surface area (TPSA) is 66.8 Å². The largest absolute Gasteiger partial charge is 0.478 e. The number of aromatic carboxylic acids is 1. The zero-order valence-corrected chi connectivity index (χ0v) is 11.5. The molecule has 0 spiro atoms. The van der Waals surface area contributed by atoms with Gasteiger partial charge in [0, 0.05) is 20.2 Å². The van der Waals surface area contributed by atoms with E-state index in [1.807, 2.05) is 0 Å². The molecular weight excluding hydrogens is 258 g/mol. The Morgan fingerprint density at radius 2 is 2.25 bits per heavy atom. The molecule has 1 aliphatic heterocycles. The molecule has 1 atom stereocenters. The molecule has 0 radical (unpaired) electrons. The van der Waals surface area contributed by atoms with Gasteiger partial charge in [-0.3, -0.25) is 4.79 Å². The molecule has 1 aromatic rings. The van der Waals surface area contributed by atoms with Gasteiger partial charge >= 0.3 is 5.97 Å². The summed E-state index contributed by atoms with van der Waals surface area (Å²) in [5.74, 6) is -1.00. The Hall–Kier alpha value is -1.88. The van der Waals surface area contributed by atoms with E-state index in [1.165, 1.54) is 6.07 Å². The van der Waals surface area contributed by atoms with E-state index in [9.17, 15) is 9.59 Å². The summed E-state index contributed by atoms with van der Waals surface area (Å²) < 4.78 is 5.50. The van der Waals surface area contributed by atoms with Crippen LogP contribution in [0.5, 0.6) is 0 Å². The Morgan fingerprint density at radius 1 is 1.45 bits per heavy atom. The maximum Gasteiger partial charge on any atom is 0.335 e. The Bertz CT molecular complexity index is 494. The molecule has 0 saturated carbocycles. The van der Waals surface area contributed by atoms with Crippen molar-refractivity contribution in [3.05, 3.63) is 35.4 Å². The molecule has 2 rings (SSSR count). The van der Waals surface area contributed by atoms with Crippen LogP contribution >= 0.6 is 0 Å². The predicted octanol–water partition coefficient (Wildman–Crippen LogP) is 1.56. The normalized spacial score (nSPS) is 17.9. The molecule has 5 heteroatoms. The van der Waals surface area contributed by atoms with Gasteiger partial charge in [0.2, 0.25) is 5.91 Å². The van der Waals surface area contributed by atoms with Gasteiger partial charge in [0.05, 0.1) is 18.1 Å². The Balaban J connectivity index is 1.92. The van der Waals surface area contributed by atoms with E-state index in [1.54, 1.807) is 30.1 Å². The van der Waals surface area contributed by atoms with E-state index in [0.717, 1.165) is 19.4 Å². The summed E-state index contributed by atoms with van der Waals surface area (Å²) in [5, 5.41) is 8.93. The zero-order chi connectivity index (χ0) is 14.5. The monoisotopic (exact) mass is 277 g/mol. The van der Waals surface area contributed by atoms with Crippen LogP contribution in [0.3, 0.4) is 0 Å². The lowest BCUT2D eigenvalue weighted by atomic mass is 10.1. The molecule has 1 heterocycles. The minimum absolute atomic E-state index is 0.0250. The minimum Gasteiger partial charge on any atom is -0.478 e. The summed E-state index contributed by atoms with van der Waals surface area (Å²) >= 11 is 0. The van der Waals surface area contributed by atoms with Crippen molar-refractivity contribution in [3.63, 3.8) is 0 Å². The first-order valence-electron chi connectivity index (χ1n) is 6.74. The van der Waals surface area contributed by atoms with Crippen LogP contribution < -0.4 is 0 Å². The number of nitrogens with zero attached hydrogens (tertiary/aromatic N) is 1. The van der Waals surface area contributed by atoms with Crippen molar-refractivity contribution < 1.29 is 19.4 Å². The lowest BCUT2D eigenvalue weighted by molar-refractivity contribution is -0.130. The molecule has 0 aromatic heterocycles. The molecule has 1 aliphatic rings. The van der Waals surface area contributed by atoms with Gasteiger partial charge in [-0.05, 0) is 30.5 Å². The third kappa shape index (κ3) is 3.81. The second-order valence-electron chi connectivity index (χ2n) is 5.09. The molecule has 108 valence electrons. The number of carboxylic acids is 1. The maximum atomic E-state index is 12.1. The van der Waals surface area contributed by atoms with Gasteiger partial charge in [-0.25, -0.2) is 4.79 Å². The van der Waals surface area contributed by atoms with Crippen molar-refractivity contribution in [1.82, 2.24) is 4.90 Å². The lowest BCUT2D eigenvalue weighted by Crippen LogP contribution is -2.35. The van der Waals surface area contributed by atoms with Crippen molar-refractivity contribution in [2.75, 3.05) is 20.2 Å². The lowest BCUT2D eigenvalue weighted by Gasteiger charge is -2.20. The molecule has 0 aliphatic carbocycles. The van der Waals surface area contributed by atoms with Crippen molar-refractivity contribution in [3.8, 4) is 0 Å². The fourth-order valence-corrected chi connectivity index (χ4v) is 2.32. The Kier molecular flexibility index (Phi) is 4.74. The summed E-state index contributed by atoms with van der Waals surface area (Å²) in [6.07, 6.45) is 2.39.